The molecule has 100 valence electrons. The standard InChI is InChI=1S/C15H30N2/c1-12(2)13-5-3-6-14(9-8-13)17-10-4-7-15(17)11-16/h12-15H,3-11,16H2,1-2H3. The minimum atomic E-state index is 0.690. The number of nitrogens with zero attached hydrogens (tertiary/aromatic N) is 1. The van der Waals surface area contributed by atoms with E-state index >= 15 is 0 Å². The first kappa shape index (κ1) is 13.4. The van der Waals surface area contributed by atoms with Crippen LogP contribution in [0.15, 0.2) is 0 Å². The van der Waals surface area contributed by atoms with Crippen molar-refractivity contribution in [2.75, 3.05) is 13.1 Å². The van der Waals surface area contributed by atoms with Crippen molar-refractivity contribution in [1.29, 1.82) is 0 Å². The van der Waals surface area contributed by atoms with Crippen molar-refractivity contribution in [3.63, 3.8) is 0 Å². The van der Waals surface area contributed by atoms with Gasteiger partial charge in [0.25, 0.3) is 0 Å². The summed E-state index contributed by atoms with van der Waals surface area (Å²) in [6.07, 6.45) is 9.86. The molecule has 3 unspecified atom stereocenters. The van der Waals surface area contributed by atoms with Crippen LogP contribution in [0.1, 0.15) is 58.8 Å². The molecule has 0 spiro atoms. The van der Waals surface area contributed by atoms with E-state index in [1.165, 1.54) is 51.5 Å². The van der Waals surface area contributed by atoms with Gasteiger partial charge in [-0.05, 0) is 50.5 Å². The number of nitrogens with two attached hydrogens (primary N) is 1. The first-order valence-electron chi connectivity index (χ1n) is 7.68. The van der Waals surface area contributed by atoms with Gasteiger partial charge in [-0.3, -0.25) is 4.90 Å². The second kappa shape index (κ2) is 6.19. The highest BCUT2D eigenvalue weighted by Gasteiger charge is 2.31. The summed E-state index contributed by atoms with van der Waals surface area (Å²) >= 11 is 0. The van der Waals surface area contributed by atoms with E-state index in [1.54, 1.807) is 0 Å². The highest BCUT2D eigenvalue weighted by Crippen LogP contribution is 2.33. The van der Waals surface area contributed by atoms with Gasteiger partial charge in [0.15, 0.2) is 0 Å². The summed E-state index contributed by atoms with van der Waals surface area (Å²) in [5, 5.41) is 0. The van der Waals surface area contributed by atoms with Gasteiger partial charge in [0.1, 0.15) is 0 Å². The van der Waals surface area contributed by atoms with Crippen molar-refractivity contribution < 1.29 is 0 Å². The molecule has 0 aromatic rings. The monoisotopic (exact) mass is 238 g/mol. The summed E-state index contributed by atoms with van der Waals surface area (Å²) < 4.78 is 0. The van der Waals surface area contributed by atoms with E-state index in [9.17, 15) is 0 Å². The van der Waals surface area contributed by atoms with Crippen LogP contribution in [0.3, 0.4) is 0 Å². The lowest BCUT2D eigenvalue weighted by Gasteiger charge is -2.32. The quantitative estimate of drug-likeness (QED) is 0.766. The first-order valence-corrected chi connectivity index (χ1v) is 7.68. The Balaban J connectivity index is 1.89. The zero-order valence-corrected chi connectivity index (χ0v) is 11.7. The fourth-order valence-corrected chi connectivity index (χ4v) is 3.90. The van der Waals surface area contributed by atoms with Crippen LogP contribution in [0.2, 0.25) is 0 Å². The third-order valence-electron chi connectivity index (χ3n) is 5.09. The summed E-state index contributed by atoms with van der Waals surface area (Å²) in [6.45, 7) is 6.95. The number of likely N-dealkylation sites (tertiary alicyclic amines) is 1. The van der Waals surface area contributed by atoms with Gasteiger partial charge < -0.3 is 5.73 Å². The number of hydrogen-bond acceptors (Lipinski definition) is 2. The Morgan fingerprint density at radius 2 is 1.88 bits per heavy atom. The second-order valence-electron chi connectivity index (χ2n) is 6.44. The molecule has 0 radical (unpaired) electrons. The molecule has 2 nitrogen and oxygen atoms in total. The van der Waals surface area contributed by atoms with Crippen LogP contribution < -0.4 is 5.73 Å². The lowest BCUT2D eigenvalue weighted by atomic mass is 9.89. The summed E-state index contributed by atoms with van der Waals surface area (Å²) in [7, 11) is 0. The van der Waals surface area contributed by atoms with Crippen molar-refractivity contribution in [3.8, 4) is 0 Å². The second-order valence-corrected chi connectivity index (χ2v) is 6.44. The molecule has 17 heavy (non-hydrogen) atoms. The molecule has 3 atom stereocenters. The molecule has 2 fully saturated rings. The van der Waals surface area contributed by atoms with Crippen LogP contribution >= 0.6 is 0 Å². The van der Waals surface area contributed by atoms with Crippen molar-refractivity contribution in [1.82, 2.24) is 4.90 Å². The van der Waals surface area contributed by atoms with Crippen LogP contribution in [0.25, 0.3) is 0 Å². The zero-order chi connectivity index (χ0) is 12.3. The van der Waals surface area contributed by atoms with Crippen LogP contribution in [0, 0.1) is 11.8 Å². The summed E-state index contributed by atoms with van der Waals surface area (Å²) in [4.78, 5) is 2.74. The Morgan fingerprint density at radius 1 is 1.06 bits per heavy atom. The van der Waals surface area contributed by atoms with Crippen molar-refractivity contribution in [3.05, 3.63) is 0 Å². The van der Waals surface area contributed by atoms with E-state index in [0.717, 1.165) is 24.4 Å². The van der Waals surface area contributed by atoms with E-state index in [-0.39, 0.29) is 0 Å². The molecular weight excluding hydrogens is 208 g/mol. The van der Waals surface area contributed by atoms with E-state index < -0.39 is 0 Å². The smallest absolute Gasteiger partial charge is 0.0221 e. The topological polar surface area (TPSA) is 29.3 Å². The maximum Gasteiger partial charge on any atom is 0.0221 e. The average molecular weight is 238 g/mol. The SMILES string of the molecule is CC(C)C1CCCC(N2CCCC2CN)CC1. The predicted octanol–water partition coefficient (Wildman–Crippen LogP) is 3.01. The van der Waals surface area contributed by atoms with Crippen molar-refractivity contribution in [2.45, 2.75) is 70.9 Å². The van der Waals surface area contributed by atoms with Crippen LogP contribution in [0.4, 0.5) is 0 Å². The van der Waals surface area contributed by atoms with Gasteiger partial charge in [-0.2, -0.15) is 0 Å². The molecule has 1 saturated carbocycles. The van der Waals surface area contributed by atoms with E-state index in [0.29, 0.717) is 6.04 Å². The lowest BCUT2D eigenvalue weighted by molar-refractivity contribution is 0.164. The maximum absolute atomic E-state index is 5.90. The molecule has 0 aromatic heterocycles. The highest BCUT2D eigenvalue weighted by atomic mass is 15.2. The average Bonchev–Trinajstić information content (AvgIpc) is 2.65. The fourth-order valence-electron chi connectivity index (χ4n) is 3.90. The van der Waals surface area contributed by atoms with Crippen molar-refractivity contribution in [2.24, 2.45) is 17.6 Å². The van der Waals surface area contributed by atoms with Crippen LogP contribution in [0.5, 0.6) is 0 Å². The Kier molecular flexibility index (Phi) is 4.87. The Hall–Kier alpha value is -0.0800. The van der Waals surface area contributed by atoms with Gasteiger partial charge in [-0.15, -0.1) is 0 Å². The largest absolute Gasteiger partial charge is 0.329 e. The van der Waals surface area contributed by atoms with Gasteiger partial charge in [-0.25, -0.2) is 0 Å². The molecule has 0 amide bonds. The van der Waals surface area contributed by atoms with E-state index in [4.69, 9.17) is 5.73 Å². The lowest BCUT2D eigenvalue weighted by Crippen LogP contribution is -2.42. The fraction of sp³-hybridized carbons (Fsp3) is 1.00. The minimum absolute atomic E-state index is 0.690. The number of rotatable bonds is 3. The van der Waals surface area contributed by atoms with Gasteiger partial charge in [0.05, 0.1) is 0 Å². The van der Waals surface area contributed by atoms with Gasteiger partial charge in [-0.1, -0.05) is 26.7 Å². The van der Waals surface area contributed by atoms with E-state index in [2.05, 4.69) is 18.7 Å². The van der Waals surface area contributed by atoms with Crippen molar-refractivity contribution >= 4 is 0 Å². The molecule has 1 saturated heterocycles. The first-order chi connectivity index (χ1) is 8.22. The van der Waals surface area contributed by atoms with Gasteiger partial charge >= 0.3 is 0 Å². The Labute approximate surface area is 107 Å². The normalized spacial score (nSPS) is 36.4. The van der Waals surface area contributed by atoms with Crippen LogP contribution in [-0.4, -0.2) is 30.1 Å². The molecule has 2 aliphatic rings. The molecular formula is C15H30N2. The molecule has 1 heterocycles. The summed E-state index contributed by atoms with van der Waals surface area (Å²) in [5.41, 5.74) is 5.90. The third kappa shape index (κ3) is 3.23. The molecule has 2 heteroatoms. The molecule has 2 rings (SSSR count). The molecule has 2 N–H and O–H groups in total. The molecule has 0 bridgehead atoms. The summed E-state index contributed by atoms with van der Waals surface area (Å²) in [6, 6.07) is 1.53. The molecule has 1 aliphatic heterocycles. The van der Waals surface area contributed by atoms with Gasteiger partial charge in [0.2, 0.25) is 0 Å². The van der Waals surface area contributed by atoms with Crippen LogP contribution in [-0.2, 0) is 0 Å². The Morgan fingerprint density at radius 3 is 2.59 bits per heavy atom. The maximum atomic E-state index is 5.90. The zero-order valence-electron chi connectivity index (χ0n) is 11.7. The summed E-state index contributed by atoms with van der Waals surface area (Å²) in [5.74, 6) is 1.84. The van der Waals surface area contributed by atoms with E-state index in [1.807, 2.05) is 0 Å². The Bertz CT molecular complexity index is 227. The molecule has 1 aliphatic carbocycles. The predicted molar refractivity (Wildman–Crippen MR) is 74.0 cm³/mol. The third-order valence-corrected chi connectivity index (χ3v) is 5.09. The van der Waals surface area contributed by atoms with Gasteiger partial charge in [0, 0.05) is 18.6 Å². The minimum Gasteiger partial charge on any atom is -0.329 e. The highest BCUT2D eigenvalue weighted by molar-refractivity contribution is 4.87. The molecule has 0 aromatic carbocycles. The number of hydrogen-bond donors (Lipinski definition) is 1.